The molecule has 4 aromatic carbocycles. The summed E-state index contributed by atoms with van der Waals surface area (Å²) >= 11 is 0. The summed E-state index contributed by atoms with van der Waals surface area (Å²) in [6.45, 7) is 5.51. The largest absolute Gasteiger partial charge is 0.442 e. The van der Waals surface area contributed by atoms with E-state index >= 15 is 0 Å². The summed E-state index contributed by atoms with van der Waals surface area (Å²) in [4.78, 5) is 53.4. The van der Waals surface area contributed by atoms with Crippen molar-refractivity contribution in [2.75, 3.05) is 0 Å². The van der Waals surface area contributed by atoms with Crippen molar-refractivity contribution in [1.29, 1.82) is 0 Å². The molecule has 0 saturated heterocycles. The van der Waals surface area contributed by atoms with Crippen molar-refractivity contribution in [2.24, 2.45) is 0 Å². The van der Waals surface area contributed by atoms with Gasteiger partial charge in [-0.3, -0.25) is 43.5 Å². The number of benzene rings is 4. The van der Waals surface area contributed by atoms with Crippen LogP contribution in [0.25, 0.3) is 91.4 Å². The SMILES string of the molecule is Cc1cccc(-c2cc(-c3ncccn3)n(Cc3ccccc3F)n2)n1.Cc1ccccc1Cn1nc(-c2ccccn2)cc1-c1ncccn1.Fc1ccccc1Cn1nc(-c2ccccn2)cc1-c1cnco1.O=c1cccc(-c2cc(-c3ccccn3)nn2Cc2ccccc2F)[nH]1. The third-order valence-electron chi connectivity index (χ3n) is 15.8. The first-order valence-corrected chi connectivity index (χ1v) is 31.9. The molecule has 101 heavy (non-hydrogen) atoms. The van der Waals surface area contributed by atoms with Crippen LogP contribution in [0.2, 0.25) is 0 Å². The minimum Gasteiger partial charge on any atom is -0.442 e. The summed E-state index contributed by atoms with van der Waals surface area (Å²) < 4.78 is 54.6. The van der Waals surface area contributed by atoms with Crippen molar-refractivity contribution in [3.63, 3.8) is 0 Å². The van der Waals surface area contributed by atoms with E-state index in [2.05, 4.69) is 84.2 Å². The highest BCUT2D eigenvalue weighted by Crippen LogP contribution is 2.30. The maximum atomic E-state index is 14.1. The van der Waals surface area contributed by atoms with Crippen molar-refractivity contribution in [1.82, 2.24) is 89.0 Å². The predicted molar refractivity (Wildman–Crippen MR) is 377 cm³/mol. The van der Waals surface area contributed by atoms with Crippen molar-refractivity contribution in [3.05, 3.63) is 342 Å². The van der Waals surface area contributed by atoms with E-state index in [1.165, 1.54) is 41.8 Å². The van der Waals surface area contributed by atoms with E-state index in [9.17, 15) is 18.0 Å². The van der Waals surface area contributed by atoms with E-state index in [-0.39, 0.29) is 42.6 Å². The molecule has 0 aliphatic carbocycles. The van der Waals surface area contributed by atoms with Crippen LogP contribution < -0.4 is 5.56 Å². The van der Waals surface area contributed by atoms with Crippen molar-refractivity contribution in [3.8, 4) is 91.4 Å². The summed E-state index contributed by atoms with van der Waals surface area (Å²) in [6, 6.07) is 67.0. The van der Waals surface area contributed by atoms with Gasteiger partial charge in [0.15, 0.2) is 23.8 Å². The fraction of sp³-hybridized carbons (Fsp3) is 0.0769. The number of H-pyrrole nitrogens is 1. The molecule has 0 aliphatic heterocycles. The lowest BCUT2D eigenvalue weighted by Crippen LogP contribution is -2.09. The maximum absolute atomic E-state index is 14.1. The monoisotopic (exact) mass is 1340 g/mol. The third kappa shape index (κ3) is 16.5. The molecule has 0 amide bonds. The average molecular weight is 1340 g/mol. The molecule has 0 bridgehead atoms. The molecule has 496 valence electrons. The topological polar surface area (TPSA) is 233 Å². The maximum Gasteiger partial charge on any atom is 0.248 e. The summed E-state index contributed by atoms with van der Waals surface area (Å²) in [5, 5.41) is 18.6. The predicted octanol–water partition coefficient (Wildman–Crippen LogP) is 14.9. The number of rotatable bonds is 16. The molecule has 0 saturated carbocycles. The minimum atomic E-state index is -0.296. The number of oxazole rings is 1. The first kappa shape index (κ1) is 66.1. The number of aromatic nitrogens is 18. The Hall–Kier alpha value is -13.6. The molecular weight excluding hydrogens is 1280 g/mol. The van der Waals surface area contributed by atoms with Gasteiger partial charge in [-0.05, 0) is 134 Å². The van der Waals surface area contributed by atoms with E-state index in [1.807, 2.05) is 133 Å². The van der Waals surface area contributed by atoms with Gasteiger partial charge in [-0.2, -0.15) is 20.4 Å². The van der Waals surface area contributed by atoms with Gasteiger partial charge in [0, 0.05) is 71.8 Å². The Morgan fingerprint density at radius 3 is 1.19 bits per heavy atom. The Labute approximate surface area is 577 Å². The first-order valence-electron chi connectivity index (χ1n) is 31.9. The van der Waals surface area contributed by atoms with E-state index < -0.39 is 0 Å². The van der Waals surface area contributed by atoms with Gasteiger partial charge in [0.05, 0.1) is 66.5 Å². The Morgan fingerprint density at radius 1 is 0.366 bits per heavy atom. The zero-order valence-electron chi connectivity index (χ0n) is 54.4. The normalized spacial score (nSPS) is 10.8. The van der Waals surface area contributed by atoms with Gasteiger partial charge in [-0.1, -0.05) is 109 Å². The molecule has 0 radical (unpaired) electrons. The van der Waals surface area contributed by atoms with Crippen molar-refractivity contribution >= 4 is 0 Å². The quantitative estimate of drug-likeness (QED) is 0.0947. The summed E-state index contributed by atoms with van der Waals surface area (Å²) in [7, 11) is 0. The van der Waals surface area contributed by atoms with Gasteiger partial charge >= 0.3 is 0 Å². The molecular formula is C78H61F3N18O2. The number of hydrogen-bond donors (Lipinski definition) is 1. The standard InChI is InChI=1S/C20H16FN5.C20H15FN4O.C20H17N5.C18H13FN4O/c1-14-6-4-9-17(24-14)18-12-19(20-22-10-5-11-23-20)26(25-18)13-15-7-2-3-8-16(15)21;21-15-7-2-1-6-14(15)13-25-19(17-9-5-10-20(26)23-17)12-18(24-25)16-8-3-4-11-22-16;1-15-7-2-3-8-16(15)14-25-19(20-22-11-6-12-23-20)13-18(24-25)17-9-4-5-10-21-17;19-14-6-2-1-5-13(14)11-23-17(18-10-20-12-24-18)9-16(22-23)15-7-3-4-8-21-15/h2-12H,13H2,1H3;1-12H,13H2,(H,23,26);2-13H,14H2,1H3;1-10,12H,11H2. The Balaban J connectivity index is 0.000000120. The summed E-state index contributed by atoms with van der Waals surface area (Å²) in [5.41, 5.74) is 14.3. The van der Waals surface area contributed by atoms with E-state index in [0.717, 1.165) is 39.9 Å². The van der Waals surface area contributed by atoms with Gasteiger partial charge in [-0.15, -0.1) is 0 Å². The first-order chi connectivity index (χ1) is 49.5. The second-order valence-electron chi connectivity index (χ2n) is 22.7. The highest BCUT2D eigenvalue weighted by molar-refractivity contribution is 5.67. The summed E-state index contributed by atoms with van der Waals surface area (Å²) in [5.74, 6) is 0.936. The molecule has 20 nitrogen and oxygen atoms in total. The summed E-state index contributed by atoms with van der Waals surface area (Å²) in [6.07, 6.45) is 15.0. The van der Waals surface area contributed by atoms with Gasteiger partial charge in [0.1, 0.15) is 57.3 Å². The third-order valence-corrected chi connectivity index (χ3v) is 15.8. The highest BCUT2D eigenvalue weighted by Gasteiger charge is 2.20. The molecule has 23 heteroatoms. The Kier molecular flexibility index (Phi) is 20.6. The highest BCUT2D eigenvalue weighted by atomic mass is 19.1. The zero-order valence-corrected chi connectivity index (χ0v) is 54.4. The lowest BCUT2D eigenvalue weighted by atomic mass is 10.1. The number of hydrogen-bond acceptors (Lipinski definition) is 15. The van der Waals surface area contributed by atoms with Crippen LogP contribution >= 0.6 is 0 Å². The number of pyridine rings is 5. The fourth-order valence-corrected chi connectivity index (χ4v) is 10.8. The molecule has 1 N–H and O–H groups in total. The van der Waals surface area contributed by atoms with Crippen LogP contribution in [0.15, 0.2) is 290 Å². The van der Waals surface area contributed by atoms with Gasteiger partial charge < -0.3 is 9.40 Å². The van der Waals surface area contributed by atoms with E-state index in [0.29, 0.717) is 80.5 Å². The average Bonchev–Trinajstić information content (AvgIpc) is 1.69. The number of nitrogens with zero attached hydrogens (tertiary/aromatic N) is 17. The Bertz CT molecular complexity index is 5420. The van der Waals surface area contributed by atoms with Crippen LogP contribution in [0.1, 0.15) is 33.5 Å². The van der Waals surface area contributed by atoms with Gasteiger partial charge in [0.25, 0.3) is 0 Å². The minimum absolute atomic E-state index is 0.208. The van der Waals surface area contributed by atoms with Gasteiger partial charge in [-0.25, -0.2) is 38.1 Å². The van der Waals surface area contributed by atoms with Gasteiger partial charge in [0.2, 0.25) is 5.56 Å². The molecule has 0 atom stereocenters. The van der Waals surface area contributed by atoms with E-state index in [1.54, 1.807) is 130 Å². The number of nitrogens with one attached hydrogen (secondary N) is 1. The molecule has 16 rings (SSSR count). The molecule has 0 unspecified atom stereocenters. The van der Waals surface area contributed by atoms with E-state index in [4.69, 9.17) is 9.52 Å². The van der Waals surface area contributed by atoms with Crippen LogP contribution in [0, 0.1) is 31.3 Å². The second kappa shape index (κ2) is 31.5. The zero-order chi connectivity index (χ0) is 69.3. The molecule has 12 aromatic heterocycles. The molecule has 0 spiro atoms. The lowest BCUT2D eigenvalue weighted by Gasteiger charge is -2.08. The smallest absolute Gasteiger partial charge is 0.248 e. The molecule has 12 heterocycles. The molecule has 0 aliphatic rings. The van der Waals surface area contributed by atoms with Crippen LogP contribution in [0.4, 0.5) is 13.2 Å². The number of aryl methyl sites for hydroxylation is 2. The Morgan fingerprint density at radius 2 is 0.752 bits per heavy atom. The number of halogens is 3. The molecule has 16 aromatic rings. The van der Waals surface area contributed by atoms with Crippen LogP contribution in [-0.4, -0.2) is 89.0 Å². The number of aromatic amines is 1. The van der Waals surface area contributed by atoms with Crippen LogP contribution in [0.5, 0.6) is 0 Å². The van der Waals surface area contributed by atoms with Crippen molar-refractivity contribution in [2.45, 2.75) is 40.0 Å². The lowest BCUT2D eigenvalue weighted by molar-refractivity contribution is 0.554. The van der Waals surface area contributed by atoms with Crippen molar-refractivity contribution < 1.29 is 17.6 Å². The fourth-order valence-electron chi connectivity index (χ4n) is 10.8. The van der Waals surface area contributed by atoms with Crippen LogP contribution in [0.3, 0.4) is 0 Å². The van der Waals surface area contributed by atoms with Crippen LogP contribution in [-0.2, 0) is 26.2 Å². The molecule has 0 fully saturated rings. The second-order valence-corrected chi connectivity index (χ2v) is 22.7.